The van der Waals surface area contributed by atoms with E-state index in [2.05, 4.69) is 5.32 Å². The molecule has 3 nitrogen and oxygen atoms in total. The van der Waals surface area contributed by atoms with Crippen LogP contribution in [0.5, 0.6) is 0 Å². The van der Waals surface area contributed by atoms with Crippen LogP contribution >= 0.6 is 0 Å². The lowest BCUT2D eigenvalue weighted by molar-refractivity contribution is 0.0615. The molecule has 0 saturated carbocycles. The van der Waals surface area contributed by atoms with Gasteiger partial charge in [0, 0.05) is 24.7 Å². The first kappa shape index (κ1) is 12.1. The Bertz CT molecular complexity index is 362. The molecule has 1 amide bonds. The number of hydrogen-bond donors (Lipinski definition) is 1. The molecule has 1 fully saturated rings. The molecule has 1 aromatic carbocycles. The molecular formula is C14H20N2O. The molecule has 17 heavy (non-hydrogen) atoms. The van der Waals surface area contributed by atoms with Crippen LogP contribution in [0, 0.1) is 0 Å². The minimum absolute atomic E-state index is 0.172. The predicted octanol–water partition coefficient (Wildman–Crippen LogP) is 1.90. The number of carbonyl (C=O) groups is 1. The minimum atomic E-state index is 0.172. The van der Waals surface area contributed by atoms with Crippen molar-refractivity contribution in [1.82, 2.24) is 10.2 Å². The summed E-state index contributed by atoms with van der Waals surface area (Å²) in [5.41, 5.74) is 0.801. The van der Waals surface area contributed by atoms with Gasteiger partial charge in [0.05, 0.1) is 0 Å². The second-order valence-electron chi connectivity index (χ2n) is 4.57. The largest absolute Gasteiger partial charge is 0.334 e. The third-order valence-corrected chi connectivity index (χ3v) is 3.35. The van der Waals surface area contributed by atoms with Gasteiger partial charge in [-0.15, -0.1) is 0 Å². The number of rotatable bonds is 3. The van der Waals surface area contributed by atoms with Crippen molar-refractivity contribution in [3.63, 3.8) is 0 Å². The minimum Gasteiger partial charge on any atom is -0.334 e. The zero-order valence-corrected chi connectivity index (χ0v) is 10.4. The lowest BCUT2D eigenvalue weighted by atomic mass is 10.0. The van der Waals surface area contributed by atoms with Gasteiger partial charge in [0.2, 0.25) is 0 Å². The van der Waals surface area contributed by atoms with E-state index in [1.165, 1.54) is 6.42 Å². The number of piperidine rings is 1. The van der Waals surface area contributed by atoms with Crippen molar-refractivity contribution in [1.29, 1.82) is 0 Å². The van der Waals surface area contributed by atoms with Gasteiger partial charge in [-0.25, -0.2) is 0 Å². The van der Waals surface area contributed by atoms with Crippen molar-refractivity contribution in [3.05, 3.63) is 35.9 Å². The summed E-state index contributed by atoms with van der Waals surface area (Å²) < 4.78 is 0. The van der Waals surface area contributed by atoms with E-state index in [0.717, 1.165) is 31.5 Å². The van der Waals surface area contributed by atoms with Gasteiger partial charge in [-0.2, -0.15) is 0 Å². The SMILES string of the molecule is CNCC1CCCCN1C(=O)c1ccccc1. The fourth-order valence-electron chi connectivity index (χ4n) is 2.46. The van der Waals surface area contributed by atoms with Crippen LogP contribution in [-0.4, -0.2) is 37.0 Å². The average Bonchev–Trinajstić information content (AvgIpc) is 2.40. The molecule has 1 saturated heterocycles. The Kier molecular flexibility index (Phi) is 4.15. The van der Waals surface area contributed by atoms with Gasteiger partial charge in [-0.1, -0.05) is 18.2 Å². The van der Waals surface area contributed by atoms with Crippen LogP contribution < -0.4 is 5.32 Å². The van der Waals surface area contributed by atoms with Gasteiger partial charge in [0.25, 0.3) is 5.91 Å². The molecule has 1 aliphatic heterocycles. The van der Waals surface area contributed by atoms with Crippen molar-refractivity contribution in [2.24, 2.45) is 0 Å². The van der Waals surface area contributed by atoms with Crippen LogP contribution in [0.4, 0.5) is 0 Å². The molecule has 3 heteroatoms. The number of likely N-dealkylation sites (N-methyl/N-ethyl adjacent to an activating group) is 1. The van der Waals surface area contributed by atoms with Gasteiger partial charge >= 0.3 is 0 Å². The van der Waals surface area contributed by atoms with Crippen LogP contribution in [0.25, 0.3) is 0 Å². The first-order valence-corrected chi connectivity index (χ1v) is 6.33. The van der Waals surface area contributed by atoms with E-state index in [9.17, 15) is 4.79 Å². The molecule has 2 rings (SSSR count). The average molecular weight is 232 g/mol. The van der Waals surface area contributed by atoms with Gasteiger partial charge in [-0.3, -0.25) is 4.79 Å². The topological polar surface area (TPSA) is 32.3 Å². The lowest BCUT2D eigenvalue weighted by Crippen LogP contribution is -2.48. The van der Waals surface area contributed by atoms with Crippen molar-refractivity contribution >= 4 is 5.91 Å². The molecule has 1 aliphatic rings. The second kappa shape index (κ2) is 5.82. The Morgan fingerprint density at radius 2 is 2.12 bits per heavy atom. The normalized spacial score (nSPS) is 20.3. The lowest BCUT2D eigenvalue weighted by Gasteiger charge is -2.35. The summed E-state index contributed by atoms with van der Waals surface area (Å²) in [5, 5.41) is 3.18. The van der Waals surface area contributed by atoms with Crippen molar-refractivity contribution < 1.29 is 4.79 Å². The molecule has 0 radical (unpaired) electrons. The first-order valence-electron chi connectivity index (χ1n) is 6.33. The molecule has 0 aliphatic carbocycles. The Labute approximate surface area is 103 Å². The standard InChI is InChI=1S/C14H20N2O/c1-15-11-13-9-5-6-10-16(13)14(17)12-7-3-2-4-8-12/h2-4,7-8,13,15H,5-6,9-11H2,1H3. The second-order valence-corrected chi connectivity index (χ2v) is 4.57. The number of nitrogens with one attached hydrogen (secondary N) is 1. The smallest absolute Gasteiger partial charge is 0.254 e. The zero-order chi connectivity index (χ0) is 12.1. The maximum Gasteiger partial charge on any atom is 0.254 e. The number of hydrogen-bond acceptors (Lipinski definition) is 2. The maximum atomic E-state index is 12.4. The van der Waals surface area contributed by atoms with E-state index in [1.54, 1.807) is 0 Å². The van der Waals surface area contributed by atoms with Gasteiger partial charge < -0.3 is 10.2 Å². The molecule has 1 aromatic rings. The number of amides is 1. The fraction of sp³-hybridized carbons (Fsp3) is 0.500. The van der Waals surface area contributed by atoms with Crippen molar-refractivity contribution in [3.8, 4) is 0 Å². The van der Waals surface area contributed by atoms with Crippen LogP contribution in [-0.2, 0) is 0 Å². The Morgan fingerprint density at radius 1 is 1.35 bits per heavy atom. The summed E-state index contributed by atoms with van der Waals surface area (Å²) in [6.07, 6.45) is 3.46. The number of nitrogens with zero attached hydrogens (tertiary/aromatic N) is 1. The van der Waals surface area contributed by atoms with E-state index in [1.807, 2.05) is 42.3 Å². The molecule has 1 unspecified atom stereocenters. The Hall–Kier alpha value is -1.35. The predicted molar refractivity (Wildman–Crippen MR) is 69.0 cm³/mol. The number of carbonyl (C=O) groups excluding carboxylic acids is 1. The third-order valence-electron chi connectivity index (χ3n) is 3.35. The quantitative estimate of drug-likeness (QED) is 0.863. The van der Waals surface area contributed by atoms with E-state index in [4.69, 9.17) is 0 Å². The monoisotopic (exact) mass is 232 g/mol. The van der Waals surface area contributed by atoms with Crippen molar-refractivity contribution in [2.75, 3.05) is 20.1 Å². The molecular weight excluding hydrogens is 212 g/mol. The summed E-state index contributed by atoms with van der Waals surface area (Å²) in [6.45, 7) is 1.78. The highest BCUT2D eigenvalue weighted by Gasteiger charge is 2.26. The number of likely N-dealkylation sites (tertiary alicyclic amines) is 1. The van der Waals surface area contributed by atoms with Crippen LogP contribution in [0.3, 0.4) is 0 Å². The number of benzene rings is 1. The van der Waals surface area contributed by atoms with Gasteiger partial charge in [0.1, 0.15) is 0 Å². The van der Waals surface area contributed by atoms with E-state index in [0.29, 0.717) is 6.04 Å². The first-order chi connectivity index (χ1) is 8.33. The summed E-state index contributed by atoms with van der Waals surface area (Å²) in [7, 11) is 1.94. The summed E-state index contributed by atoms with van der Waals surface area (Å²) >= 11 is 0. The van der Waals surface area contributed by atoms with E-state index < -0.39 is 0 Å². The summed E-state index contributed by atoms with van der Waals surface area (Å²) in [6, 6.07) is 9.93. The summed E-state index contributed by atoms with van der Waals surface area (Å²) in [5.74, 6) is 0.172. The molecule has 0 bridgehead atoms. The molecule has 0 spiro atoms. The van der Waals surface area contributed by atoms with E-state index in [-0.39, 0.29) is 5.91 Å². The molecule has 1 N–H and O–H groups in total. The third kappa shape index (κ3) is 2.86. The van der Waals surface area contributed by atoms with Gasteiger partial charge in [-0.05, 0) is 38.4 Å². The van der Waals surface area contributed by atoms with Crippen molar-refractivity contribution in [2.45, 2.75) is 25.3 Å². The molecule has 1 heterocycles. The molecule has 1 atom stereocenters. The van der Waals surface area contributed by atoms with Crippen LogP contribution in [0.1, 0.15) is 29.6 Å². The van der Waals surface area contributed by atoms with Crippen LogP contribution in [0.2, 0.25) is 0 Å². The highest BCUT2D eigenvalue weighted by Crippen LogP contribution is 2.19. The highest BCUT2D eigenvalue weighted by molar-refractivity contribution is 5.94. The fourth-order valence-corrected chi connectivity index (χ4v) is 2.46. The highest BCUT2D eigenvalue weighted by atomic mass is 16.2. The van der Waals surface area contributed by atoms with Gasteiger partial charge in [0.15, 0.2) is 0 Å². The Balaban J connectivity index is 2.11. The van der Waals surface area contributed by atoms with E-state index >= 15 is 0 Å². The zero-order valence-electron chi connectivity index (χ0n) is 10.4. The summed E-state index contributed by atoms with van der Waals surface area (Å²) in [4.78, 5) is 14.4. The molecule has 92 valence electrons. The Morgan fingerprint density at radius 3 is 2.82 bits per heavy atom. The maximum absolute atomic E-state index is 12.4. The molecule has 0 aromatic heterocycles. The van der Waals surface area contributed by atoms with Crippen LogP contribution in [0.15, 0.2) is 30.3 Å².